The van der Waals surface area contributed by atoms with E-state index < -0.39 is 11.9 Å². The molecule has 1 fully saturated rings. The van der Waals surface area contributed by atoms with Gasteiger partial charge in [0.2, 0.25) is 0 Å². The molecular weight excluding hydrogens is 494 g/mol. The van der Waals surface area contributed by atoms with E-state index in [2.05, 4.69) is 25.5 Å². The van der Waals surface area contributed by atoms with E-state index in [-0.39, 0.29) is 24.0 Å². The monoisotopic (exact) mass is 521 g/mol. The first-order valence-corrected chi connectivity index (χ1v) is 9.71. The number of thiazole rings is 1. The fourth-order valence-electron chi connectivity index (χ4n) is 2.50. The van der Waals surface area contributed by atoms with Crippen LogP contribution in [0.5, 0.6) is 0 Å². The van der Waals surface area contributed by atoms with Gasteiger partial charge in [-0.25, -0.2) is 4.98 Å². The van der Waals surface area contributed by atoms with Crippen molar-refractivity contribution in [3.8, 4) is 0 Å². The molecule has 27 heavy (non-hydrogen) atoms. The Balaban J connectivity index is 0.00000364. The van der Waals surface area contributed by atoms with Crippen molar-refractivity contribution in [2.75, 3.05) is 52.5 Å². The van der Waals surface area contributed by atoms with Gasteiger partial charge in [0.25, 0.3) is 0 Å². The first-order valence-electron chi connectivity index (χ1n) is 8.83. The number of aromatic nitrogens is 1. The smallest absolute Gasteiger partial charge is 0.379 e. The van der Waals surface area contributed by atoms with Gasteiger partial charge in [-0.2, -0.15) is 13.2 Å². The standard InChI is InChI=1S/C16H26F3N5OS.HI/c1-2-20-15(21-5-3-7-24-8-10-25-11-9-24)22-6-4-14-23-13(12-26-14)16(17,18)19;/h12H,2-11H2,1H3,(H2,20,21,22);1H. The molecule has 2 rings (SSSR count). The predicted molar refractivity (Wildman–Crippen MR) is 112 cm³/mol. The minimum atomic E-state index is -4.38. The third kappa shape index (κ3) is 9.39. The summed E-state index contributed by atoms with van der Waals surface area (Å²) < 4.78 is 43.0. The van der Waals surface area contributed by atoms with Crippen LogP contribution in [0.2, 0.25) is 0 Å². The summed E-state index contributed by atoms with van der Waals surface area (Å²) in [6, 6.07) is 0. The number of ether oxygens (including phenoxy) is 1. The molecule has 2 N–H and O–H groups in total. The fourth-order valence-corrected chi connectivity index (χ4v) is 3.30. The number of hydrogen-bond acceptors (Lipinski definition) is 5. The Morgan fingerprint density at radius 3 is 2.70 bits per heavy atom. The van der Waals surface area contributed by atoms with Crippen LogP contribution in [0.15, 0.2) is 10.4 Å². The number of morpholine rings is 1. The summed E-state index contributed by atoms with van der Waals surface area (Å²) in [5.41, 5.74) is -0.818. The van der Waals surface area contributed by atoms with E-state index in [1.54, 1.807) is 0 Å². The maximum atomic E-state index is 12.5. The van der Waals surface area contributed by atoms with Gasteiger partial charge >= 0.3 is 6.18 Å². The number of guanidine groups is 1. The molecule has 1 saturated heterocycles. The summed E-state index contributed by atoms with van der Waals surface area (Å²) in [6.07, 6.45) is -2.99. The highest BCUT2D eigenvalue weighted by molar-refractivity contribution is 14.0. The zero-order valence-corrected chi connectivity index (χ0v) is 18.5. The number of nitrogens with one attached hydrogen (secondary N) is 2. The molecular formula is C16H27F3IN5OS. The van der Waals surface area contributed by atoms with Crippen LogP contribution in [-0.2, 0) is 17.3 Å². The summed E-state index contributed by atoms with van der Waals surface area (Å²) in [7, 11) is 0. The van der Waals surface area contributed by atoms with Crippen LogP contribution in [0.4, 0.5) is 13.2 Å². The number of alkyl halides is 3. The highest BCUT2D eigenvalue weighted by Gasteiger charge is 2.33. The van der Waals surface area contributed by atoms with Crippen molar-refractivity contribution in [2.24, 2.45) is 4.99 Å². The van der Waals surface area contributed by atoms with Gasteiger partial charge in [-0.15, -0.1) is 35.3 Å². The van der Waals surface area contributed by atoms with Crippen LogP contribution >= 0.6 is 35.3 Å². The Hall–Kier alpha value is -0.660. The van der Waals surface area contributed by atoms with Gasteiger partial charge < -0.3 is 15.4 Å². The normalized spacial score (nSPS) is 16.1. The van der Waals surface area contributed by atoms with E-state index in [1.807, 2.05) is 6.92 Å². The summed E-state index contributed by atoms with van der Waals surface area (Å²) in [5.74, 6) is 0.682. The fraction of sp³-hybridized carbons (Fsp3) is 0.750. The Labute approximate surface area is 179 Å². The van der Waals surface area contributed by atoms with Gasteiger partial charge in [-0.3, -0.25) is 9.89 Å². The molecule has 0 aromatic carbocycles. The minimum Gasteiger partial charge on any atom is -0.379 e. The first kappa shape index (κ1) is 24.4. The van der Waals surface area contributed by atoms with Gasteiger partial charge in [0.15, 0.2) is 11.7 Å². The Kier molecular flexibility index (Phi) is 11.5. The van der Waals surface area contributed by atoms with Crippen molar-refractivity contribution in [1.82, 2.24) is 20.5 Å². The molecule has 6 nitrogen and oxygen atoms in total. The summed E-state index contributed by atoms with van der Waals surface area (Å²) >= 11 is 1.03. The Bertz CT molecular complexity index is 564. The quantitative estimate of drug-likeness (QED) is 0.239. The molecule has 1 aromatic rings. The SMILES string of the molecule is CCNC(=NCCCN1CCOCC1)NCCc1nc(C(F)(F)F)cs1.I. The zero-order chi connectivity index (χ0) is 18.8. The van der Waals surface area contributed by atoms with Crippen molar-refractivity contribution in [3.05, 3.63) is 16.1 Å². The number of halogens is 4. The van der Waals surface area contributed by atoms with E-state index in [4.69, 9.17) is 4.74 Å². The van der Waals surface area contributed by atoms with E-state index >= 15 is 0 Å². The highest BCUT2D eigenvalue weighted by atomic mass is 127. The van der Waals surface area contributed by atoms with Crippen LogP contribution in [0, 0.1) is 0 Å². The molecule has 0 unspecified atom stereocenters. The van der Waals surface area contributed by atoms with Crippen molar-refractivity contribution in [2.45, 2.75) is 25.9 Å². The molecule has 0 atom stereocenters. The predicted octanol–water partition coefficient (Wildman–Crippen LogP) is 2.60. The van der Waals surface area contributed by atoms with Gasteiger partial charge in [0, 0.05) is 51.1 Å². The largest absolute Gasteiger partial charge is 0.434 e. The van der Waals surface area contributed by atoms with Gasteiger partial charge in [0.05, 0.1) is 18.2 Å². The van der Waals surface area contributed by atoms with E-state index in [1.165, 1.54) is 0 Å². The lowest BCUT2D eigenvalue weighted by molar-refractivity contribution is -0.140. The molecule has 1 aliphatic heterocycles. The van der Waals surface area contributed by atoms with Gasteiger partial charge in [-0.1, -0.05) is 0 Å². The van der Waals surface area contributed by atoms with Crippen LogP contribution < -0.4 is 10.6 Å². The van der Waals surface area contributed by atoms with E-state index in [0.717, 1.165) is 62.5 Å². The molecule has 156 valence electrons. The molecule has 0 amide bonds. The van der Waals surface area contributed by atoms with Crippen LogP contribution in [0.3, 0.4) is 0 Å². The zero-order valence-electron chi connectivity index (χ0n) is 15.3. The maximum Gasteiger partial charge on any atom is 0.434 e. The molecule has 0 saturated carbocycles. The molecule has 2 heterocycles. The van der Waals surface area contributed by atoms with Gasteiger partial charge in [0.1, 0.15) is 0 Å². The first-order chi connectivity index (χ1) is 12.5. The lowest BCUT2D eigenvalue weighted by atomic mass is 10.3. The minimum absolute atomic E-state index is 0. The van der Waals surface area contributed by atoms with Crippen LogP contribution in [0.25, 0.3) is 0 Å². The number of hydrogen-bond donors (Lipinski definition) is 2. The molecule has 0 bridgehead atoms. The lowest BCUT2D eigenvalue weighted by Crippen LogP contribution is -2.39. The molecule has 1 aliphatic rings. The number of aliphatic imine (C=N–C) groups is 1. The number of nitrogens with zero attached hydrogens (tertiary/aromatic N) is 3. The van der Waals surface area contributed by atoms with Crippen molar-refractivity contribution < 1.29 is 17.9 Å². The second kappa shape index (κ2) is 12.7. The highest BCUT2D eigenvalue weighted by Crippen LogP contribution is 2.29. The number of rotatable bonds is 8. The van der Waals surface area contributed by atoms with Crippen LogP contribution in [0.1, 0.15) is 24.0 Å². The summed E-state index contributed by atoms with van der Waals surface area (Å²) in [6.45, 7) is 8.39. The lowest BCUT2D eigenvalue weighted by Gasteiger charge is -2.26. The molecule has 1 aromatic heterocycles. The van der Waals surface area contributed by atoms with Crippen molar-refractivity contribution in [1.29, 1.82) is 0 Å². The third-order valence-electron chi connectivity index (χ3n) is 3.82. The second-order valence-corrected chi connectivity index (χ2v) is 6.81. The second-order valence-electron chi connectivity index (χ2n) is 5.87. The average molecular weight is 521 g/mol. The van der Waals surface area contributed by atoms with E-state index in [0.29, 0.717) is 30.5 Å². The van der Waals surface area contributed by atoms with E-state index in [9.17, 15) is 13.2 Å². The molecule has 0 aliphatic carbocycles. The topological polar surface area (TPSA) is 61.8 Å². The Morgan fingerprint density at radius 2 is 2.07 bits per heavy atom. The molecule has 11 heteroatoms. The van der Waals surface area contributed by atoms with Crippen molar-refractivity contribution >= 4 is 41.3 Å². The summed E-state index contributed by atoms with van der Waals surface area (Å²) in [5, 5.41) is 7.81. The average Bonchev–Trinajstić information content (AvgIpc) is 3.09. The van der Waals surface area contributed by atoms with Gasteiger partial charge in [-0.05, 0) is 13.3 Å². The maximum absolute atomic E-state index is 12.5. The third-order valence-corrected chi connectivity index (χ3v) is 4.73. The summed E-state index contributed by atoms with van der Waals surface area (Å²) in [4.78, 5) is 10.5. The van der Waals surface area contributed by atoms with Crippen molar-refractivity contribution in [3.63, 3.8) is 0 Å². The molecule has 0 spiro atoms. The van der Waals surface area contributed by atoms with Crippen LogP contribution in [-0.4, -0.2) is 68.3 Å². The Morgan fingerprint density at radius 1 is 1.33 bits per heavy atom. The molecule has 0 radical (unpaired) electrons.